The van der Waals surface area contributed by atoms with E-state index < -0.39 is 16.8 Å². The summed E-state index contributed by atoms with van der Waals surface area (Å²) in [6, 6.07) is 6.74. The first kappa shape index (κ1) is 13.0. The lowest BCUT2D eigenvalue weighted by atomic mass is 10.4. The van der Waals surface area contributed by atoms with E-state index in [-0.39, 0.29) is 10.9 Å². The smallest absolute Gasteiger partial charge is 0.371 e. The molecule has 0 aliphatic carbocycles. The van der Waals surface area contributed by atoms with Gasteiger partial charge in [0.25, 0.3) is 0 Å². The first-order valence-electron chi connectivity index (χ1n) is 5.39. The molecule has 0 amide bonds. The Morgan fingerprint density at radius 1 is 1.33 bits per heavy atom. The van der Waals surface area contributed by atoms with Gasteiger partial charge < -0.3 is 9.52 Å². The quantitative estimate of drug-likeness (QED) is 0.916. The van der Waals surface area contributed by atoms with Gasteiger partial charge in [-0.25, -0.2) is 4.79 Å². The van der Waals surface area contributed by atoms with Gasteiger partial charge in [-0.1, -0.05) is 6.92 Å². The van der Waals surface area contributed by atoms with E-state index in [0.717, 1.165) is 11.3 Å². The zero-order valence-electron chi connectivity index (χ0n) is 9.71. The summed E-state index contributed by atoms with van der Waals surface area (Å²) in [4.78, 5) is 12.9. The van der Waals surface area contributed by atoms with Crippen molar-refractivity contribution in [2.24, 2.45) is 0 Å². The van der Waals surface area contributed by atoms with Gasteiger partial charge in [0.2, 0.25) is 5.76 Å². The highest BCUT2D eigenvalue weighted by molar-refractivity contribution is 7.84. The van der Waals surface area contributed by atoms with E-state index in [4.69, 9.17) is 9.52 Å². The van der Waals surface area contributed by atoms with E-state index in [1.165, 1.54) is 17.0 Å². The highest BCUT2D eigenvalue weighted by Gasteiger charge is 2.14. The summed E-state index contributed by atoms with van der Waals surface area (Å²) in [5.41, 5.74) is 0. The molecule has 2 aromatic rings. The van der Waals surface area contributed by atoms with Crippen LogP contribution in [0.3, 0.4) is 0 Å². The van der Waals surface area contributed by atoms with Gasteiger partial charge in [-0.2, -0.15) is 0 Å². The van der Waals surface area contributed by atoms with Crippen LogP contribution in [0.1, 0.15) is 27.2 Å². The van der Waals surface area contributed by atoms with Gasteiger partial charge in [0, 0.05) is 9.75 Å². The summed E-state index contributed by atoms with van der Waals surface area (Å²) >= 11 is 1.62. The molecule has 1 N–H and O–H groups in total. The highest BCUT2D eigenvalue weighted by Crippen LogP contribution is 2.21. The Hall–Kier alpha value is -1.40. The standard InChI is InChI=1S/C12H12O4S2/c1-2-8-3-4-9(17-8)7-18(15)11-6-5-10(16-11)12(13)14/h3-6H,2,7H2,1H3,(H,13,14). The van der Waals surface area contributed by atoms with Crippen molar-refractivity contribution in [2.75, 3.05) is 0 Å². The molecule has 2 rings (SSSR count). The molecule has 2 aromatic heterocycles. The molecule has 0 aliphatic heterocycles. The fourth-order valence-corrected chi connectivity index (χ4v) is 3.66. The third-order valence-electron chi connectivity index (χ3n) is 2.36. The summed E-state index contributed by atoms with van der Waals surface area (Å²) in [6.07, 6.45) is 0.960. The SMILES string of the molecule is CCc1ccc(CS(=O)c2ccc(C(=O)O)o2)s1. The van der Waals surface area contributed by atoms with Crippen molar-refractivity contribution in [3.8, 4) is 0 Å². The van der Waals surface area contributed by atoms with Crippen molar-refractivity contribution in [3.05, 3.63) is 39.8 Å². The van der Waals surface area contributed by atoms with Crippen molar-refractivity contribution in [2.45, 2.75) is 24.2 Å². The maximum atomic E-state index is 12.0. The second kappa shape index (κ2) is 5.49. The normalized spacial score (nSPS) is 12.5. The zero-order chi connectivity index (χ0) is 13.1. The lowest BCUT2D eigenvalue weighted by molar-refractivity contribution is 0.0656. The number of carboxylic acid groups (broad SMARTS) is 1. The molecule has 4 nitrogen and oxygen atoms in total. The van der Waals surface area contributed by atoms with E-state index in [1.807, 2.05) is 12.1 Å². The summed E-state index contributed by atoms with van der Waals surface area (Å²) in [5, 5.41) is 8.92. The Bertz CT molecular complexity index is 582. The van der Waals surface area contributed by atoms with Gasteiger partial charge in [0.05, 0.1) is 16.6 Å². The molecule has 0 spiro atoms. The summed E-state index contributed by atoms with van der Waals surface area (Å²) in [6.45, 7) is 2.07. The molecule has 2 heterocycles. The van der Waals surface area contributed by atoms with E-state index >= 15 is 0 Å². The number of thiophene rings is 1. The van der Waals surface area contributed by atoms with Gasteiger partial charge in [0.1, 0.15) is 0 Å². The lowest BCUT2D eigenvalue weighted by Gasteiger charge is -1.95. The third kappa shape index (κ3) is 2.88. The topological polar surface area (TPSA) is 67.5 Å². The number of aromatic carboxylic acids is 1. The van der Waals surface area contributed by atoms with Crippen molar-refractivity contribution in [1.29, 1.82) is 0 Å². The highest BCUT2D eigenvalue weighted by atomic mass is 32.2. The largest absolute Gasteiger partial charge is 0.475 e. The Labute approximate surface area is 111 Å². The maximum Gasteiger partial charge on any atom is 0.371 e. The van der Waals surface area contributed by atoms with Crippen LogP contribution >= 0.6 is 11.3 Å². The van der Waals surface area contributed by atoms with Crippen LogP contribution in [-0.2, 0) is 23.0 Å². The number of furan rings is 1. The second-order valence-corrected chi connectivity index (χ2v) is 6.27. The summed E-state index contributed by atoms with van der Waals surface area (Å²) in [5.74, 6) is -0.974. The predicted molar refractivity (Wildman–Crippen MR) is 69.5 cm³/mol. The van der Waals surface area contributed by atoms with Crippen molar-refractivity contribution < 1.29 is 18.5 Å². The number of carboxylic acids is 1. The Morgan fingerprint density at radius 3 is 2.61 bits per heavy atom. The average Bonchev–Trinajstić information content (AvgIpc) is 2.97. The van der Waals surface area contributed by atoms with Crippen LogP contribution in [-0.4, -0.2) is 15.3 Å². The summed E-state index contributed by atoms with van der Waals surface area (Å²) in [7, 11) is -1.34. The Kier molecular flexibility index (Phi) is 3.98. The molecular formula is C12H12O4S2. The van der Waals surface area contributed by atoms with Crippen molar-refractivity contribution >= 4 is 28.1 Å². The number of carbonyl (C=O) groups is 1. The molecule has 6 heteroatoms. The predicted octanol–water partition coefficient (Wildman–Crippen LogP) is 2.91. The third-order valence-corrected chi connectivity index (χ3v) is 5.01. The van der Waals surface area contributed by atoms with Gasteiger partial charge in [-0.05, 0) is 30.7 Å². The number of hydrogen-bond acceptors (Lipinski definition) is 4. The van der Waals surface area contributed by atoms with E-state index in [0.29, 0.717) is 5.75 Å². The number of aryl methyl sites for hydroxylation is 1. The van der Waals surface area contributed by atoms with Gasteiger partial charge >= 0.3 is 5.97 Å². The molecule has 0 aliphatic rings. The second-order valence-electron chi connectivity index (χ2n) is 3.64. The molecule has 0 bridgehead atoms. The molecular weight excluding hydrogens is 272 g/mol. The Morgan fingerprint density at radius 2 is 2.06 bits per heavy atom. The monoisotopic (exact) mass is 284 g/mol. The van der Waals surface area contributed by atoms with Crippen molar-refractivity contribution in [3.63, 3.8) is 0 Å². The first-order valence-corrected chi connectivity index (χ1v) is 7.52. The van der Waals surface area contributed by atoms with Crippen LogP contribution in [0, 0.1) is 0 Å². The molecule has 0 aromatic carbocycles. The van der Waals surface area contributed by atoms with Gasteiger partial charge in [0.15, 0.2) is 5.09 Å². The minimum Gasteiger partial charge on any atom is -0.475 e. The van der Waals surface area contributed by atoms with Crippen LogP contribution in [0.25, 0.3) is 0 Å². The number of hydrogen-bond donors (Lipinski definition) is 1. The maximum absolute atomic E-state index is 12.0. The lowest BCUT2D eigenvalue weighted by Crippen LogP contribution is -1.94. The van der Waals surface area contributed by atoms with Crippen LogP contribution in [0.2, 0.25) is 0 Å². The van der Waals surface area contributed by atoms with Crippen LogP contribution in [0.15, 0.2) is 33.8 Å². The van der Waals surface area contributed by atoms with E-state index in [1.54, 1.807) is 11.3 Å². The molecule has 0 saturated heterocycles. The van der Waals surface area contributed by atoms with Crippen LogP contribution in [0.5, 0.6) is 0 Å². The molecule has 0 saturated carbocycles. The molecule has 1 atom stereocenters. The van der Waals surface area contributed by atoms with Gasteiger partial charge in [-0.15, -0.1) is 11.3 Å². The molecule has 18 heavy (non-hydrogen) atoms. The number of rotatable bonds is 5. The molecule has 1 unspecified atom stereocenters. The van der Waals surface area contributed by atoms with E-state index in [2.05, 4.69) is 6.92 Å². The minimum atomic E-state index is -1.34. The van der Waals surface area contributed by atoms with E-state index in [9.17, 15) is 9.00 Å². The summed E-state index contributed by atoms with van der Waals surface area (Å²) < 4.78 is 17.0. The van der Waals surface area contributed by atoms with Crippen molar-refractivity contribution in [1.82, 2.24) is 0 Å². The average molecular weight is 284 g/mol. The van der Waals surface area contributed by atoms with Crippen LogP contribution in [0.4, 0.5) is 0 Å². The molecule has 0 radical (unpaired) electrons. The fourth-order valence-electron chi connectivity index (χ4n) is 1.45. The Balaban J connectivity index is 2.09. The van der Waals surface area contributed by atoms with Gasteiger partial charge in [-0.3, -0.25) is 4.21 Å². The fraction of sp³-hybridized carbons (Fsp3) is 0.250. The first-order chi connectivity index (χ1) is 8.60. The molecule has 0 fully saturated rings. The van der Waals surface area contributed by atoms with Crippen LogP contribution < -0.4 is 0 Å². The minimum absolute atomic E-state index is 0.182. The molecule has 96 valence electrons. The zero-order valence-corrected chi connectivity index (χ0v) is 11.3.